The van der Waals surface area contributed by atoms with Gasteiger partial charge in [-0.3, -0.25) is 0 Å². The van der Waals surface area contributed by atoms with Gasteiger partial charge in [-0.25, -0.2) is 12.8 Å². The molecule has 2 N–H and O–H groups in total. The van der Waals surface area contributed by atoms with E-state index >= 15 is 0 Å². The normalized spacial score (nSPS) is 13.1. The average molecular weight is 453 g/mol. The zero-order chi connectivity index (χ0) is 22.8. The first-order valence-electron chi connectivity index (χ1n) is 9.20. The monoisotopic (exact) mass is 453 g/mol. The van der Waals surface area contributed by atoms with Gasteiger partial charge in [-0.2, -0.15) is 0 Å². The van der Waals surface area contributed by atoms with Crippen LogP contribution in [0.5, 0.6) is 5.75 Å². The summed E-state index contributed by atoms with van der Waals surface area (Å²) < 4.78 is 82.4. The van der Waals surface area contributed by atoms with Crippen molar-refractivity contribution in [3.05, 3.63) is 89.2 Å². The molecular formula is C22H19F4NO3S. The van der Waals surface area contributed by atoms with E-state index in [2.05, 4.69) is 4.74 Å². The lowest BCUT2D eigenvalue weighted by Crippen LogP contribution is -2.18. The van der Waals surface area contributed by atoms with Gasteiger partial charge in [-0.05, 0) is 54.3 Å². The molecule has 0 unspecified atom stereocenters. The maximum Gasteiger partial charge on any atom is 0.573 e. The summed E-state index contributed by atoms with van der Waals surface area (Å²) in [7, 11) is -4.46. The molecule has 3 rings (SSSR count). The second-order valence-electron chi connectivity index (χ2n) is 6.96. The van der Waals surface area contributed by atoms with E-state index in [9.17, 15) is 26.0 Å². The lowest BCUT2D eigenvalue weighted by molar-refractivity contribution is -0.274. The van der Waals surface area contributed by atoms with Gasteiger partial charge in [0.2, 0.25) is 9.84 Å². The predicted octanol–water partition coefficient (Wildman–Crippen LogP) is 5.17. The Hall–Kier alpha value is -2.91. The van der Waals surface area contributed by atoms with Gasteiger partial charge in [0.1, 0.15) is 16.5 Å². The molecule has 0 fully saturated rings. The number of nitrogens with two attached hydrogens (primary N) is 1. The number of sulfone groups is 1. The van der Waals surface area contributed by atoms with Crippen LogP contribution < -0.4 is 10.5 Å². The van der Waals surface area contributed by atoms with Crippen LogP contribution in [0.15, 0.2) is 76.5 Å². The fourth-order valence-corrected chi connectivity index (χ4v) is 4.64. The zero-order valence-corrected chi connectivity index (χ0v) is 17.2. The van der Waals surface area contributed by atoms with Crippen LogP contribution in [0.3, 0.4) is 0 Å². The molecule has 0 aliphatic heterocycles. The SMILES string of the molecule is C[C@H](N)c1ccc(Cc2ccc(OC(F)(F)F)cc2S(=O)(=O)c2ccccc2F)cc1. The van der Waals surface area contributed by atoms with E-state index in [0.29, 0.717) is 5.56 Å². The Balaban J connectivity index is 2.09. The Morgan fingerprint density at radius 3 is 2.19 bits per heavy atom. The number of halogens is 4. The molecule has 0 aliphatic rings. The Labute approximate surface area is 177 Å². The molecule has 0 saturated heterocycles. The molecule has 4 nitrogen and oxygen atoms in total. The standard InChI is InChI=1S/C22H19F4NO3S/c1-14(27)16-8-6-15(7-9-16)12-17-10-11-18(30-22(24,25)26)13-21(17)31(28,29)20-5-3-2-4-19(20)23/h2-11,13-14H,12,27H2,1H3/t14-/m0/s1. The topological polar surface area (TPSA) is 69.4 Å². The molecule has 3 aromatic carbocycles. The highest BCUT2D eigenvalue weighted by Gasteiger charge is 2.32. The zero-order valence-electron chi connectivity index (χ0n) is 16.4. The van der Waals surface area contributed by atoms with Gasteiger partial charge < -0.3 is 10.5 Å². The van der Waals surface area contributed by atoms with Crippen molar-refractivity contribution in [2.45, 2.75) is 35.5 Å². The van der Waals surface area contributed by atoms with Gasteiger partial charge in [0.15, 0.2) is 0 Å². The minimum atomic E-state index is -5.00. The van der Waals surface area contributed by atoms with Crippen LogP contribution in [-0.2, 0) is 16.3 Å². The molecule has 0 saturated carbocycles. The Kier molecular flexibility index (Phi) is 6.38. The van der Waals surface area contributed by atoms with Crippen LogP contribution in [0, 0.1) is 5.82 Å². The van der Waals surface area contributed by atoms with Crippen molar-refractivity contribution in [3.8, 4) is 5.75 Å². The minimum Gasteiger partial charge on any atom is -0.406 e. The number of hydrogen-bond acceptors (Lipinski definition) is 4. The third-order valence-corrected chi connectivity index (χ3v) is 6.46. The number of rotatable bonds is 6. The van der Waals surface area contributed by atoms with Gasteiger partial charge >= 0.3 is 6.36 Å². The Bertz CT molecular complexity index is 1170. The second-order valence-corrected chi connectivity index (χ2v) is 8.84. The molecule has 164 valence electrons. The molecule has 0 spiro atoms. The van der Waals surface area contributed by atoms with Crippen LogP contribution in [0.1, 0.15) is 29.7 Å². The van der Waals surface area contributed by atoms with E-state index in [1.54, 1.807) is 24.3 Å². The first kappa shape index (κ1) is 22.8. The van der Waals surface area contributed by atoms with Crippen LogP contribution in [0.25, 0.3) is 0 Å². The summed E-state index contributed by atoms with van der Waals surface area (Å²) in [5.74, 6) is -1.71. The van der Waals surface area contributed by atoms with Crippen molar-refractivity contribution in [2.24, 2.45) is 5.73 Å². The van der Waals surface area contributed by atoms with Gasteiger partial charge in [-0.15, -0.1) is 13.2 Å². The largest absolute Gasteiger partial charge is 0.573 e. The van der Waals surface area contributed by atoms with Crippen LogP contribution in [0.2, 0.25) is 0 Å². The molecule has 0 radical (unpaired) electrons. The van der Waals surface area contributed by atoms with Crippen molar-refractivity contribution >= 4 is 9.84 Å². The molecule has 0 aliphatic carbocycles. The highest BCUT2D eigenvalue weighted by atomic mass is 32.2. The van der Waals surface area contributed by atoms with E-state index in [-0.39, 0.29) is 18.0 Å². The van der Waals surface area contributed by atoms with E-state index in [0.717, 1.165) is 29.8 Å². The molecule has 0 bridgehead atoms. The highest BCUT2D eigenvalue weighted by molar-refractivity contribution is 7.91. The predicted molar refractivity (Wildman–Crippen MR) is 107 cm³/mol. The summed E-state index contributed by atoms with van der Waals surface area (Å²) in [6.07, 6.45) is -4.91. The lowest BCUT2D eigenvalue weighted by atomic mass is 10.0. The molecule has 31 heavy (non-hydrogen) atoms. The maximum absolute atomic E-state index is 14.2. The highest BCUT2D eigenvalue weighted by Crippen LogP contribution is 2.32. The number of hydrogen-bond donors (Lipinski definition) is 1. The fraction of sp³-hybridized carbons (Fsp3) is 0.182. The van der Waals surface area contributed by atoms with Crippen molar-refractivity contribution in [3.63, 3.8) is 0 Å². The number of alkyl halides is 3. The lowest BCUT2D eigenvalue weighted by Gasteiger charge is -2.15. The van der Waals surface area contributed by atoms with Gasteiger partial charge in [-0.1, -0.05) is 42.5 Å². The molecule has 9 heteroatoms. The quantitative estimate of drug-likeness (QED) is 0.523. The summed E-state index contributed by atoms with van der Waals surface area (Å²) in [6, 6.07) is 14.6. The molecule has 1 atom stereocenters. The molecule has 0 amide bonds. The third kappa shape index (κ3) is 5.42. The first-order valence-corrected chi connectivity index (χ1v) is 10.7. The number of ether oxygens (including phenoxy) is 1. The smallest absolute Gasteiger partial charge is 0.406 e. The summed E-state index contributed by atoms with van der Waals surface area (Å²) in [5, 5.41) is 0. The third-order valence-electron chi connectivity index (χ3n) is 4.59. The first-order chi connectivity index (χ1) is 14.5. The molecule has 0 aromatic heterocycles. The van der Waals surface area contributed by atoms with Crippen LogP contribution in [0.4, 0.5) is 17.6 Å². The molecule has 3 aromatic rings. The van der Waals surface area contributed by atoms with Gasteiger partial charge in [0.05, 0.1) is 4.90 Å². The van der Waals surface area contributed by atoms with E-state index in [1.165, 1.54) is 18.2 Å². The minimum absolute atomic E-state index is 0.0918. The van der Waals surface area contributed by atoms with Crippen molar-refractivity contribution in [1.82, 2.24) is 0 Å². The molecular weight excluding hydrogens is 434 g/mol. The summed E-state index contributed by atoms with van der Waals surface area (Å²) >= 11 is 0. The fourth-order valence-electron chi connectivity index (χ4n) is 3.07. The van der Waals surface area contributed by atoms with Crippen molar-refractivity contribution in [1.29, 1.82) is 0 Å². The van der Waals surface area contributed by atoms with Crippen molar-refractivity contribution < 1.29 is 30.7 Å². The van der Waals surface area contributed by atoms with Crippen molar-refractivity contribution in [2.75, 3.05) is 0 Å². The van der Waals surface area contributed by atoms with Crippen LogP contribution in [-0.4, -0.2) is 14.8 Å². The van der Waals surface area contributed by atoms with Gasteiger partial charge in [0, 0.05) is 6.04 Å². The maximum atomic E-state index is 14.2. The summed E-state index contributed by atoms with van der Waals surface area (Å²) in [4.78, 5) is -1.09. The van der Waals surface area contributed by atoms with E-state index in [1.807, 2.05) is 6.92 Å². The number of benzene rings is 3. The van der Waals surface area contributed by atoms with Gasteiger partial charge in [0.25, 0.3) is 0 Å². The van der Waals surface area contributed by atoms with Crippen LogP contribution >= 0.6 is 0 Å². The summed E-state index contributed by atoms with van der Waals surface area (Å²) in [6.45, 7) is 1.81. The summed E-state index contributed by atoms with van der Waals surface area (Å²) in [5.41, 5.74) is 7.60. The van der Waals surface area contributed by atoms with E-state index in [4.69, 9.17) is 5.73 Å². The Morgan fingerprint density at radius 1 is 0.968 bits per heavy atom. The van der Waals surface area contributed by atoms with E-state index < -0.39 is 37.6 Å². The second kappa shape index (κ2) is 8.68. The average Bonchev–Trinajstić information content (AvgIpc) is 2.68. The Morgan fingerprint density at radius 2 is 1.61 bits per heavy atom. The molecule has 0 heterocycles.